The van der Waals surface area contributed by atoms with E-state index in [-0.39, 0.29) is 0 Å². The van der Waals surface area contributed by atoms with Crippen molar-refractivity contribution in [2.75, 3.05) is 6.54 Å². The molecule has 1 fully saturated rings. The van der Waals surface area contributed by atoms with E-state index in [4.69, 9.17) is 4.99 Å². The first-order valence-electron chi connectivity index (χ1n) is 7.84. The first-order valence-corrected chi connectivity index (χ1v) is 8.72. The molecule has 0 radical (unpaired) electrons. The number of aliphatic imine (C=N–C) groups is 1. The predicted molar refractivity (Wildman–Crippen MR) is 88.6 cm³/mol. The molecule has 0 aromatic carbocycles. The van der Waals surface area contributed by atoms with Crippen LogP contribution in [0.5, 0.6) is 0 Å². The molecule has 0 unspecified atom stereocenters. The van der Waals surface area contributed by atoms with Gasteiger partial charge in [0.25, 0.3) is 0 Å². The van der Waals surface area contributed by atoms with E-state index in [0.717, 1.165) is 18.9 Å². The van der Waals surface area contributed by atoms with Crippen LogP contribution in [0.15, 0.2) is 22.5 Å². The van der Waals surface area contributed by atoms with Gasteiger partial charge < -0.3 is 10.6 Å². The minimum Gasteiger partial charge on any atom is -0.354 e. The summed E-state index contributed by atoms with van der Waals surface area (Å²) in [6.45, 7) is 5.18. The number of hydrogen-bond donors (Lipinski definition) is 2. The molecule has 0 saturated heterocycles. The van der Waals surface area contributed by atoms with E-state index in [1.807, 2.05) is 11.3 Å². The summed E-state index contributed by atoms with van der Waals surface area (Å²) in [4.78, 5) is 6.15. The molecule has 20 heavy (non-hydrogen) atoms. The van der Waals surface area contributed by atoms with Crippen LogP contribution >= 0.6 is 11.3 Å². The Labute approximate surface area is 126 Å². The summed E-state index contributed by atoms with van der Waals surface area (Å²) < 4.78 is 0. The first-order chi connectivity index (χ1) is 9.74. The van der Waals surface area contributed by atoms with Crippen molar-refractivity contribution < 1.29 is 0 Å². The molecule has 0 amide bonds. The molecule has 1 aromatic rings. The van der Waals surface area contributed by atoms with Gasteiger partial charge in [0.2, 0.25) is 0 Å². The molecule has 3 nitrogen and oxygen atoms in total. The predicted octanol–water partition coefficient (Wildman–Crippen LogP) is 3.57. The number of nitrogens with zero attached hydrogens (tertiary/aromatic N) is 1. The third-order valence-electron chi connectivity index (χ3n) is 3.58. The van der Waals surface area contributed by atoms with Crippen LogP contribution in [0.4, 0.5) is 0 Å². The lowest BCUT2D eigenvalue weighted by Crippen LogP contribution is -2.46. The minimum atomic E-state index is 0.423. The Balaban J connectivity index is 1.84. The molecule has 1 saturated carbocycles. The summed E-state index contributed by atoms with van der Waals surface area (Å²) in [6.07, 6.45) is 7.69. The molecule has 4 heteroatoms. The van der Waals surface area contributed by atoms with Gasteiger partial charge in [0.15, 0.2) is 5.96 Å². The third-order valence-corrected chi connectivity index (χ3v) is 4.52. The van der Waals surface area contributed by atoms with Crippen LogP contribution in [0.1, 0.15) is 50.8 Å². The van der Waals surface area contributed by atoms with Gasteiger partial charge in [0.1, 0.15) is 0 Å². The summed E-state index contributed by atoms with van der Waals surface area (Å²) >= 11 is 1.81. The SMILES string of the molecule is CC(C)NC(=NCCc1cccs1)NC1CCCCC1. The second-order valence-corrected chi connectivity index (χ2v) is 6.87. The standard InChI is InChI=1S/C16H27N3S/c1-13(2)18-16(19-14-7-4-3-5-8-14)17-11-10-15-9-6-12-20-15/h6,9,12-14H,3-5,7-8,10-11H2,1-2H3,(H2,17,18,19). The number of hydrogen-bond acceptors (Lipinski definition) is 2. The summed E-state index contributed by atoms with van der Waals surface area (Å²) in [5.74, 6) is 0.989. The van der Waals surface area contributed by atoms with Crippen LogP contribution in [0.3, 0.4) is 0 Å². The Morgan fingerprint density at radius 3 is 2.80 bits per heavy atom. The van der Waals surface area contributed by atoms with Crippen molar-refractivity contribution in [2.45, 2.75) is 64.5 Å². The quantitative estimate of drug-likeness (QED) is 0.643. The Morgan fingerprint density at radius 2 is 2.15 bits per heavy atom. The van der Waals surface area contributed by atoms with E-state index in [0.29, 0.717) is 12.1 Å². The van der Waals surface area contributed by atoms with Crippen molar-refractivity contribution in [1.29, 1.82) is 0 Å². The number of nitrogens with one attached hydrogen (secondary N) is 2. The Bertz CT molecular complexity index is 392. The normalized spacial score (nSPS) is 17.4. The lowest BCUT2D eigenvalue weighted by Gasteiger charge is -2.26. The van der Waals surface area contributed by atoms with Crippen LogP contribution in [-0.4, -0.2) is 24.6 Å². The van der Waals surface area contributed by atoms with Crippen molar-refractivity contribution in [3.63, 3.8) is 0 Å². The third kappa shape index (κ3) is 5.53. The first kappa shape index (κ1) is 15.4. The van der Waals surface area contributed by atoms with Gasteiger partial charge in [-0.1, -0.05) is 25.3 Å². The fourth-order valence-corrected chi connectivity index (χ4v) is 3.28. The molecule has 2 N–H and O–H groups in total. The maximum Gasteiger partial charge on any atom is 0.191 e. The molecule has 1 heterocycles. The zero-order chi connectivity index (χ0) is 14.2. The highest BCUT2D eigenvalue weighted by Gasteiger charge is 2.14. The molecular weight excluding hydrogens is 266 g/mol. The van der Waals surface area contributed by atoms with E-state index < -0.39 is 0 Å². The summed E-state index contributed by atoms with van der Waals surface area (Å²) in [6, 6.07) is 5.32. The second-order valence-electron chi connectivity index (χ2n) is 5.84. The van der Waals surface area contributed by atoms with Gasteiger partial charge in [-0.25, -0.2) is 0 Å². The smallest absolute Gasteiger partial charge is 0.191 e. The Morgan fingerprint density at radius 1 is 1.35 bits per heavy atom. The molecule has 112 valence electrons. The highest BCUT2D eigenvalue weighted by molar-refractivity contribution is 7.09. The Kier molecular flexibility index (Phi) is 6.37. The number of thiophene rings is 1. The maximum atomic E-state index is 4.73. The number of guanidine groups is 1. The van der Waals surface area contributed by atoms with Crippen molar-refractivity contribution in [2.24, 2.45) is 4.99 Å². The lowest BCUT2D eigenvalue weighted by atomic mass is 9.96. The fraction of sp³-hybridized carbons (Fsp3) is 0.688. The van der Waals surface area contributed by atoms with Crippen LogP contribution in [0.2, 0.25) is 0 Å². The molecule has 1 aliphatic carbocycles. The summed E-state index contributed by atoms with van der Waals surface area (Å²) in [5.41, 5.74) is 0. The molecule has 1 aliphatic rings. The monoisotopic (exact) mass is 293 g/mol. The van der Waals surface area contributed by atoms with Crippen LogP contribution in [-0.2, 0) is 6.42 Å². The molecular formula is C16H27N3S. The van der Waals surface area contributed by atoms with Gasteiger partial charge in [-0.15, -0.1) is 11.3 Å². The minimum absolute atomic E-state index is 0.423. The fourth-order valence-electron chi connectivity index (χ4n) is 2.58. The van der Waals surface area contributed by atoms with Gasteiger partial charge in [-0.3, -0.25) is 4.99 Å². The molecule has 0 atom stereocenters. The highest BCUT2D eigenvalue weighted by atomic mass is 32.1. The Hall–Kier alpha value is -1.03. The van der Waals surface area contributed by atoms with E-state index in [2.05, 4.69) is 42.0 Å². The van der Waals surface area contributed by atoms with Gasteiger partial charge in [-0.2, -0.15) is 0 Å². The van der Waals surface area contributed by atoms with Gasteiger partial charge in [0.05, 0.1) is 0 Å². The van der Waals surface area contributed by atoms with Crippen LogP contribution in [0, 0.1) is 0 Å². The van der Waals surface area contributed by atoms with Crippen molar-refractivity contribution >= 4 is 17.3 Å². The van der Waals surface area contributed by atoms with Crippen LogP contribution in [0.25, 0.3) is 0 Å². The maximum absolute atomic E-state index is 4.73. The van der Waals surface area contributed by atoms with Crippen molar-refractivity contribution in [3.05, 3.63) is 22.4 Å². The van der Waals surface area contributed by atoms with Crippen molar-refractivity contribution in [1.82, 2.24) is 10.6 Å². The highest BCUT2D eigenvalue weighted by Crippen LogP contribution is 2.17. The van der Waals surface area contributed by atoms with Crippen LogP contribution < -0.4 is 10.6 Å². The number of rotatable bonds is 5. The molecule has 2 rings (SSSR count). The summed E-state index contributed by atoms with van der Waals surface area (Å²) in [7, 11) is 0. The largest absolute Gasteiger partial charge is 0.354 e. The van der Waals surface area contributed by atoms with Gasteiger partial charge in [0, 0.05) is 29.9 Å². The van der Waals surface area contributed by atoms with E-state index in [1.54, 1.807) is 0 Å². The second kappa shape index (κ2) is 8.30. The van der Waals surface area contributed by atoms with Gasteiger partial charge in [-0.05, 0) is 38.1 Å². The molecule has 0 aliphatic heterocycles. The molecule has 0 bridgehead atoms. The van der Waals surface area contributed by atoms with E-state index in [9.17, 15) is 0 Å². The lowest BCUT2D eigenvalue weighted by molar-refractivity contribution is 0.408. The zero-order valence-electron chi connectivity index (χ0n) is 12.7. The summed E-state index contributed by atoms with van der Waals surface area (Å²) in [5, 5.41) is 9.19. The average molecular weight is 293 g/mol. The topological polar surface area (TPSA) is 36.4 Å². The van der Waals surface area contributed by atoms with Crippen molar-refractivity contribution in [3.8, 4) is 0 Å². The zero-order valence-corrected chi connectivity index (χ0v) is 13.5. The van der Waals surface area contributed by atoms with E-state index >= 15 is 0 Å². The molecule has 1 aromatic heterocycles. The molecule has 0 spiro atoms. The van der Waals surface area contributed by atoms with E-state index in [1.165, 1.54) is 37.0 Å². The average Bonchev–Trinajstić information content (AvgIpc) is 2.92. The van der Waals surface area contributed by atoms with Gasteiger partial charge >= 0.3 is 0 Å².